The molecule has 0 saturated carbocycles. The lowest BCUT2D eigenvalue weighted by molar-refractivity contribution is -0.116. The van der Waals surface area contributed by atoms with Crippen LogP contribution < -0.4 is 14.8 Å². The van der Waals surface area contributed by atoms with Gasteiger partial charge in [-0.05, 0) is 24.6 Å². The van der Waals surface area contributed by atoms with Gasteiger partial charge in [-0.15, -0.1) is 11.5 Å². The third kappa shape index (κ3) is 4.17. The third-order valence-corrected chi connectivity index (χ3v) is 5.81. The largest absolute Gasteiger partial charge is 0.493 e. The number of aryl methyl sites for hydroxylation is 1. The van der Waals surface area contributed by atoms with Gasteiger partial charge in [0, 0.05) is 23.5 Å². The lowest BCUT2D eigenvalue weighted by Gasteiger charge is -2.25. The van der Waals surface area contributed by atoms with Gasteiger partial charge in [-0.25, -0.2) is 4.98 Å². The summed E-state index contributed by atoms with van der Waals surface area (Å²) in [6.07, 6.45) is 7.21. The molecule has 0 unspecified atom stereocenters. The van der Waals surface area contributed by atoms with E-state index < -0.39 is 0 Å². The Balaban J connectivity index is 1.58. The number of carbonyl (C=O) groups is 1. The topological polar surface area (TPSA) is 104 Å². The lowest BCUT2D eigenvalue weighted by Crippen LogP contribution is -2.25. The van der Waals surface area contributed by atoms with Gasteiger partial charge in [-0.3, -0.25) is 4.79 Å². The molecule has 0 aliphatic carbocycles. The Morgan fingerprint density at radius 1 is 1.20 bits per heavy atom. The van der Waals surface area contributed by atoms with Gasteiger partial charge < -0.3 is 14.8 Å². The van der Waals surface area contributed by atoms with Crippen molar-refractivity contribution in [3.05, 3.63) is 71.5 Å². The molecule has 1 N–H and O–H groups in total. The number of nitrogens with one attached hydrogen (secondary N) is 1. The zero-order valence-electron chi connectivity index (χ0n) is 19.2. The maximum atomic E-state index is 12.8. The molecule has 1 atom stereocenters. The summed E-state index contributed by atoms with van der Waals surface area (Å²) in [7, 11) is 1.57. The van der Waals surface area contributed by atoms with Crippen LogP contribution in [0.4, 0.5) is 5.82 Å². The number of aromatic nitrogens is 5. The summed E-state index contributed by atoms with van der Waals surface area (Å²) in [5.41, 5.74) is 4.07. The third-order valence-electron chi connectivity index (χ3n) is 5.81. The van der Waals surface area contributed by atoms with Gasteiger partial charge in [0.1, 0.15) is 12.4 Å². The normalized spacial score (nSPS) is 14.5. The Labute approximate surface area is 202 Å². The summed E-state index contributed by atoms with van der Waals surface area (Å²) in [5, 5.41) is 15.9. The zero-order valence-corrected chi connectivity index (χ0v) is 19.2. The highest BCUT2D eigenvalue weighted by Gasteiger charge is 2.33. The number of carbonyl (C=O) groups excluding carboxylic acids is 1. The van der Waals surface area contributed by atoms with Gasteiger partial charge in [0.2, 0.25) is 5.91 Å². The highest BCUT2D eigenvalue weighted by Crippen LogP contribution is 2.42. The molecule has 9 nitrogen and oxygen atoms in total. The monoisotopic (exact) mass is 466 g/mol. The average molecular weight is 467 g/mol. The van der Waals surface area contributed by atoms with Crippen LogP contribution in [0.5, 0.6) is 11.5 Å². The van der Waals surface area contributed by atoms with Crippen molar-refractivity contribution in [3.8, 4) is 41.0 Å². The number of methoxy groups -OCH3 is 1. The van der Waals surface area contributed by atoms with Crippen molar-refractivity contribution in [2.24, 2.45) is 0 Å². The van der Waals surface area contributed by atoms with E-state index in [4.69, 9.17) is 15.9 Å². The van der Waals surface area contributed by atoms with E-state index in [1.165, 1.54) is 4.68 Å². The van der Waals surface area contributed by atoms with Crippen LogP contribution in [-0.4, -0.2) is 44.6 Å². The van der Waals surface area contributed by atoms with Crippen LogP contribution in [0.15, 0.2) is 54.7 Å². The molecule has 9 heteroatoms. The summed E-state index contributed by atoms with van der Waals surface area (Å²) in [4.78, 5) is 17.4. The minimum atomic E-state index is -0.253. The van der Waals surface area contributed by atoms with E-state index in [9.17, 15) is 4.79 Å². The lowest BCUT2D eigenvalue weighted by atomic mass is 9.85. The fourth-order valence-electron chi connectivity index (χ4n) is 4.25. The molecule has 0 saturated heterocycles. The van der Waals surface area contributed by atoms with Crippen LogP contribution >= 0.6 is 0 Å². The number of fused-ring (bicyclic) bond motifs is 1. The SMILES string of the molecule is C#CCOc1cc([C@@H]2CC(=O)Nc3c2c(C)nn3-c2nncc(-c3ccccc3)n2)ccc1OC. The van der Waals surface area contributed by atoms with E-state index in [2.05, 4.69) is 31.5 Å². The van der Waals surface area contributed by atoms with Gasteiger partial charge in [-0.1, -0.05) is 42.3 Å². The molecule has 5 rings (SSSR count). The second-order valence-corrected chi connectivity index (χ2v) is 7.98. The molecular formula is C26H22N6O3. The van der Waals surface area contributed by atoms with Crippen molar-refractivity contribution in [1.29, 1.82) is 0 Å². The molecule has 3 heterocycles. The Hall–Kier alpha value is -4.71. The summed E-state index contributed by atoms with van der Waals surface area (Å²) < 4.78 is 12.6. The van der Waals surface area contributed by atoms with E-state index >= 15 is 0 Å². The molecule has 0 radical (unpaired) electrons. The first kappa shape index (κ1) is 22.1. The highest BCUT2D eigenvalue weighted by molar-refractivity contribution is 5.95. The zero-order chi connectivity index (χ0) is 24.4. The van der Waals surface area contributed by atoms with Gasteiger partial charge in [-0.2, -0.15) is 14.9 Å². The molecule has 1 aliphatic rings. The average Bonchev–Trinajstić information content (AvgIpc) is 3.23. The number of hydrogen-bond acceptors (Lipinski definition) is 7. The molecule has 174 valence electrons. The standard InChI is InChI=1S/C26H22N6O3/c1-4-12-35-22-13-18(10-11-21(22)34-3)19-14-23(33)29-25-24(19)16(2)31-32(25)26-28-20(15-27-30-26)17-8-6-5-7-9-17/h1,5-11,13,15,19H,12,14H2,2-3H3,(H,29,33)/t19-/m0/s1. The molecular weight excluding hydrogens is 444 g/mol. The minimum Gasteiger partial charge on any atom is -0.493 e. The van der Waals surface area contributed by atoms with Crippen molar-refractivity contribution < 1.29 is 14.3 Å². The van der Waals surface area contributed by atoms with Crippen LogP contribution in [-0.2, 0) is 4.79 Å². The highest BCUT2D eigenvalue weighted by atomic mass is 16.5. The van der Waals surface area contributed by atoms with E-state index in [0.29, 0.717) is 23.0 Å². The molecule has 2 aromatic heterocycles. The number of anilines is 1. The number of hydrogen-bond donors (Lipinski definition) is 1. The number of rotatable bonds is 6. The number of nitrogens with zero attached hydrogens (tertiary/aromatic N) is 5. The summed E-state index contributed by atoms with van der Waals surface area (Å²) >= 11 is 0. The second kappa shape index (κ2) is 9.27. The van der Waals surface area contributed by atoms with Crippen LogP contribution in [0.3, 0.4) is 0 Å². The molecule has 0 bridgehead atoms. The Bertz CT molecular complexity index is 1440. The molecule has 0 fully saturated rings. The van der Waals surface area contributed by atoms with Crippen LogP contribution in [0.1, 0.15) is 29.2 Å². The van der Waals surface area contributed by atoms with Crippen LogP contribution in [0.25, 0.3) is 17.2 Å². The number of terminal acetylenes is 1. The number of benzene rings is 2. The van der Waals surface area contributed by atoms with E-state index in [1.54, 1.807) is 13.3 Å². The van der Waals surface area contributed by atoms with Crippen molar-refractivity contribution in [2.75, 3.05) is 19.0 Å². The predicted octanol–water partition coefficient (Wildman–Crippen LogP) is 3.53. The quantitative estimate of drug-likeness (QED) is 0.434. The van der Waals surface area contributed by atoms with Crippen molar-refractivity contribution >= 4 is 11.7 Å². The van der Waals surface area contributed by atoms with E-state index in [-0.39, 0.29) is 30.8 Å². The minimum absolute atomic E-state index is 0.106. The van der Waals surface area contributed by atoms with Crippen LogP contribution in [0.2, 0.25) is 0 Å². The molecule has 2 aromatic carbocycles. The van der Waals surface area contributed by atoms with Crippen molar-refractivity contribution in [2.45, 2.75) is 19.3 Å². The summed E-state index contributed by atoms with van der Waals surface area (Å²) in [6, 6.07) is 15.3. The Kier molecular flexibility index (Phi) is 5.85. The molecule has 1 amide bonds. The molecule has 0 spiro atoms. The first-order valence-corrected chi connectivity index (χ1v) is 11.0. The fraction of sp³-hybridized carbons (Fsp3) is 0.192. The summed E-state index contributed by atoms with van der Waals surface area (Å²) in [5.74, 6) is 3.94. The van der Waals surface area contributed by atoms with Gasteiger partial charge in [0.25, 0.3) is 5.95 Å². The first-order chi connectivity index (χ1) is 17.1. The van der Waals surface area contributed by atoms with Crippen LogP contribution in [0, 0.1) is 19.3 Å². The fourth-order valence-corrected chi connectivity index (χ4v) is 4.25. The maximum Gasteiger partial charge on any atom is 0.272 e. The Morgan fingerprint density at radius 3 is 2.80 bits per heavy atom. The summed E-state index contributed by atoms with van der Waals surface area (Å²) in [6.45, 7) is 2.00. The molecule has 4 aromatic rings. The van der Waals surface area contributed by atoms with Gasteiger partial charge >= 0.3 is 0 Å². The van der Waals surface area contributed by atoms with Gasteiger partial charge in [0.15, 0.2) is 11.5 Å². The smallest absolute Gasteiger partial charge is 0.272 e. The number of ether oxygens (including phenoxy) is 2. The maximum absolute atomic E-state index is 12.8. The van der Waals surface area contributed by atoms with E-state index in [0.717, 1.165) is 22.4 Å². The van der Waals surface area contributed by atoms with Crippen molar-refractivity contribution in [3.63, 3.8) is 0 Å². The Morgan fingerprint density at radius 2 is 2.03 bits per heavy atom. The molecule has 35 heavy (non-hydrogen) atoms. The van der Waals surface area contributed by atoms with E-state index in [1.807, 2.05) is 55.5 Å². The first-order valence-electron chi connectivity index (χ1n) is 11.0. The van der Waals surface area contributed by atoms with Crippen molar-refractivity contribution in [1.82, 2.24) is 25.0 Å². The molecule has 1 aliphatic heterocycles. The van der Waals surface area contributed by atoms with Gasteiger partial charge in [0.05, 0.1) is 24.7 Å². The second-order valence-electron chi connectivity index (χ2n) is 7.98. The number of amides is 1. The predicted molar refractivity (Wildman–Crippen MR) is 130 cm³/mol.